The Hall–Kier alpha value is -2.61. The van der Waals surface area contributed by atoms with Crippen LogP contribution in [0.2, 0.25) is 0 Å². The minimum absolute atomic E-state index is 0.0801. The first-order chi connectivity index (χ1) is 13.4. The van der Waals surface area contributed by atoms with E-state index >= 15 is 0 Å². The van der Waals surface area contributed by atoms with E-state index in [0.717, 1.165) is 6.42 Å². The summed E-state index contributed by atoms with van der Waals surface area (Å²) in [5.74, 6) is -1.71. The molecule has 1 saturated carbocycles. The summed E-state index contributed by atoms with van der Waals surface area (Å²) in [6, 6.07) is 9.72. The molecule has 1 aromatic carbocycles. The van der Waals surface area contributed by atoms with Crippen LogP contribution in [0.25, 0.3) is 0 Å². The Labute approximate surface area is 164 Å². The molecule has 1 heterocycles. The molecule has 3 N–H and O–H groups in total. The average molecular weight is 389 g/mol. The average Bonchev–Trinajstić information content (AvgIpc) is 3.22. The van der Waals surface area contributed by atoms with Gasteiger partial charge < -0.3 is 14.9 Å². The third kappa shape index (κ3) is 4.11. The van der Waals surface area contributed by atoms with E-state index in [-0.39, 0.29) is 24.3 Å². The van der Waals surface area contributed by atoms with Crippen molar-refractivity contribution in [3.63, 3.8) is 0 Å². The number of carbonyl (C=O) groups is 3. The minimum atomic E-state index is -1.07. The van der Waals surface area contributed by atoms with Crippen LogP contribution in [0.5, 0.6) is 0 Å². The lowest BCUT2D eigenvalue weighted by Gasteiger charge is -2.38. The molecule has 2 fully saturated rings. The zero-order chi connectivity index (χ0) is 20.3. The predicted molar refractivity (Wildman–Crippen MR) is 101 cm³/mol. The fraction of sp³-hybridized carbons (Fsp3) is 0.550. The van der Waals surface area contributed by atoms with Gasteiger partial charge in [0.2, 0.25) is 11.8 Å². The summed E-state index contributed by atoms with van der Waals surface area (Å²) in [4.78, 5) is 39.6. The molecule has 8 nitrogen and oxygen atoms in total. The van der Waals surface area contributed by atoms with Gasteiger partial charge >= 0.3 is 6.09 Å². The van der Waals surface area contributed by atoms with Gasteiger partial charge in [-0.25, -0.2) is 10.3 Å². The molecule has 8 heteroatoms. The second-order valence-electron chi connectivity index (χ2n) is 7.73. The van der Waals surface area contributed by atoms with Crippen LogP contribution in [0.3, 0.4) is 0 Å². The summed E-state index contributed by atoms with van der Waals surface area (Å²) in [5.41, 5.74) is 2.86. The van der Waals surface area contributed by atoms with Crippen molar-refractivity contribution in [2.45, 2.75) is 37.6 Å². The molecule has 0 unspecified atom stereocenters. The first-order valence-electron chi connectivity index (χ1n) is 9.65. The molecule has 4 atom stereocenters. The molecule has 28 heavy (non-hydrogen) atoms. The molecular formula is C20H27N3O5. The zero-order valence-corrected chi connectivity index (χ0v) is 16.0. The van der Waals surface area contributed by atoms with Gasteiger partial charge in [-0.3, -0.25) is 14.8 Å². The number of amides is 3. The Morgan fingerprint density at radius 3 is 2.46 bits per heavy atom. The lowest BCUT2D eigenvalue weighted by atomic mass is 9.75. The van der Waals surface area contributed by atoms with Crippen molar-refractivity contribution in [3.05, 3.63) is 35.9 Å². The van der Waals surface area contributed by atoms with E-state index < -0.39 is 23.8 Å². The zero-order valence-electron chi connectivity index (χ0n) is 16.0. The molecule has 0 spiro atoms. The van der Waals surface area contributed by atoms with Gasteiger partial charge in [0, 0.05) is 38.0 Å². The van der Waals surface area contributed by atoms with Gasteiger partial charge in [0.25, 0.3) is 0 Å². The SMILES string of the molecule is CN(C(=O)O)[C@@H]1CC[C@H](C(=O)N2CC[C@H](c3ccccc3)C2)[C@@H](C(=O)NO)C1. The van der Waals surface area contributed by atoms with Crippen LogP contribution in [0.4, 0.5) is 4.79 Å². The predicted octanol–water partition coefficient (Wildman–Crippen LogP) is 1.90. The first kappa shape index (κ1) is 20.1. The maximum atomic E-state index is 13.2. The molecule has 1 aromatic rings. The highest BCUT2D eigenvalue weighted by molar-refractivity contribution is 5.87. The molecule has 1 aliphatic carbocycles. The van der Waals surface area contributed by atoms with Crippen LogP contribution in [0.1, 0.15) is 37.2 Å². The Bertz CT molecular complexity index is 726. The summed E-state index contributed by atoms with van der Waals surface area (Å²) in [5, 5.41) is 18.3. The number of hydroxylamine groups is 1. The summed E-state index contributed by atoms with van der Waals surface area (Å²) in [7, 11) is 1.47. The first-order valence-corrected chi connectivity index (χ1v) is 9.65. The molecule has 1 saturated heterocycles. The van der Waals surface area contributed by atoms with Gasteiger partial charge in [0.1, 0.15) is 0 Å². The highest BCUT2D eigenvalue weighted by Crippen LogP contribution is 2.36. The number of likely N-dealkylation sites (tertiary alicyclic amines) is 1. The van der Waals surface area contributed by atoms with Crippen LogP contribution in [-0.4, -0.2) is 64.2 Å². The normalized spacial score (nSPS) is 27.3. The molecule has 0 bridgehead atoms. The quantitative estimate of drug-likeness (QED) is 0.538. The fourth-order valence-electron chi connectivity index (χ4n) is 4.52. The largest absolute Gasteiger partial charge is 0.465 e. The second kappa shape index (κ2) is 8.60. The molecule has 2 aliphatic rings. The Kier molecular flexibility index (Phi) is 6.18. The monoisotopic (exact) mass is 389 g/mol. The third-order valence-corrected chi connectivity index (χ3v) is 6.21. The molecule has 152 valence electrons. The Balaban J connectivity index is 1.69. The summed E-state index contributed by atoms with van der Waals surface area (Å²) in [6.45, 7) is 1.26. The third-order valence-electron chi connectivity index (χ3n) is 6.21. The molecule has 0 radical (unpaired) electrons. The van der Waals surface area contributed by atoms with Crippen molar-refractivity contribution in [2.75, 3.05) is 20.1 Å². The van der Waals surface area contributed by atoms with E-state index in [2.05, 4.69) is 12.1 Å². The number of carbonyl (C=O) groups excluding carboxylic acids is 2. The fourth-order valence-corrected chi connectivity index (χ4v) is 4.52. The van der Waals surface area contributed by atoms with Crippen molar-refractivity contribution in [1.82, 2.24) is 15.3 Å². The van der Waals surface area contributed by atoms with Gasteiger partial charge in [-0.05, 0) is 31.2 Å². The van der Waals surface area contributed by atoms with Crippen molar-refractivity contribution >= 4 is 17.9 Å². The topological polar surface area (TPSA) is 110 Å². The smallest absolute Gasteiger partial charge is 0.407 e. The number of rotatable bonds is 4. The number of hydrogen-bond acceptors (Lipinski definition) is 4. The minimum Gasteiger partial charge on any atom is -0.465 e. The number of hydrogen-bond donors (Lipinski definition) is 3. The van der Waals surface area contributed by atoms with E-state index in [9.17, 15) is 19.5 Å². The maximum absolute atomic E-state index is 13.2. The lowest BCUT2D eigenvalue weighted by molar-refractivity contribution is -0.147. The molecule has 0 aromatic heterocycles. The maximum Gasteiger partial charge on any atom is 0.407 e. The van der Waals surface area contributed by atoms with Crippen LogP contribution >= 0.6 is 0 Å². The number of nitrogens with one attached hydrogen (secondary N) is 1. The number of carboxylic acid groups (broad SMARTS) is 1. The molecule has 1 aliphatic heterocycles. The van der Waals surface area contributed by atoms with Crippen molar-refractivity contribution in [2.24, 2.45) is 11.8 Å². The van der Waals surface area contributed by atoms with Gasteiger partial charge in [0.05, 0.1) is 5.92 Å². The second-order valence-corrected chi connectivity index (χ2v) is 7.73. The van der Waals surface area contributed by atoms with Crippen LogP contribution in [-0.2, 0) is 9.59 Å². The Morgan fingerprint density at radius 1 is 1.11 bits per heavy atom. The highest BCUT2D eigenvalue weighted by Gasteiger charge is 2.43. The lowest BCUT2D eigenvalue weighted by Crippen LogP contribution is -2.50. The molecular weight excluding hydrogens is 362 g/mol. The van der Waals surface area contributed by atoms with E-state index in [1.165, 1.54) is 17.5 Å². The van der Waals surface area contributed by atoms with Crippen LogP contribution < -0.4 is 5.48 Å². The number of benzene rings is 1. The summed E-state index contributed by atoms with van der Waals surface area (Å²) < 4.78 is 0. The van der Waals surface area contributed by atoms with Crippen LogP contribution in [0, 0.1) is 11.8 Å². The summed E-state index contributed by atoms with van der Waals surface area (Å²) in [6.07, 6.45) is 0.977. The Morgan fingerprint density at radius 2 is 1.82 bits per heavy atom. The van der Waals surface area contributed by atoms with E-state index in [1.54, 1.807) is 10.4 Å². The van der Waals surface area contributed by atoms with E-state index in [0.29, 0.717) is 25.9 Å². The molecule has 3 rings (SSSR count). The van der Waals surface area contributed by atoms with Gasteiger partial charge in [0.15, 0.2) is 0 Å². The number of nitrogens with zero attached hydrogens (tertiary/aromatic N) is 2. The standard InChI is InChI=1S/C20H27N3O5/c1-22(20(26)27)15-7-8-16(17(11-15)18(24)21-28)19(25)23-10-9-14(12-23)13-5-3-2-4-6-13/h2-6,14-17,28H,7-12H2,1H3,(H,21,24)(H,26,27)/t14-,15+,16-,17-/m0/s1. The molecule has 3 amide bonds. The van der Waals surface area contributed by atoms with Crippen molar-refractivity contribution in [3.8, 4) is 0 Å². The van der Waals surface area contributed by atoms with E-state index in [1.807, 2.05) is 18.2 Å². The van der Waals surface area contributed by atoms with Gasteiger partial charge in [-0.2, -0.15) is 0 Å². The van der Waals surface area contributed by atoms with Gasteiger partial charge in [-0.15, -0.1) is 0 Å². The highest BCUT2D eigenvalue weighted by atomic mass is 16.5. The van der Waals surface area contributed by atoms with E-state index in [4.69, 9.17) is 5.21 Å². The van der Waals surface area contributed by atoms with Gasteiger partial charge in [-0.1, -0.05) is 30.3 Å². The summed E-state index contributed by atoms with van der Waals surface area (Å²) >= 11 is 0. The van der Waals surface area contributed by atoms with Crippen molar-refractivity contribution < 1.29 is 24.7 Å². The van der Waals surface area contributed by atoms with Crippen molar-refractivity contribution in [1.29, 1.82) is 0 Å². The van der Waals surface area contributed by atoms with Crippen LogP contribution in [0.15, 0.2) is 30.3 Å².